The lowest BCUT2D eigenvalue weighted by Gasteiger charge is -2.49. The first-order chi connectivity index (χ1) is 20.4. The highest BCUT2D eigenvalue weighted by molar-refractivity contribution is 8.04. The van der Waals surface area contributed by atoms with Gasteiger partial charge >= 0.3 is 11.9 Å². The minimum atomic E-state index is -1.66. The van der Waals surface area contributed by atoms with Gasteiger partial charge in [-0.3, -0.25) is 23.5 Å². The summed E-state index contributed by atoms with van der Waals surface area (Å²) in [6.07, 6.45) is -0.743. The van der Waals surface area contributed by atoms with Crippen LogP contribution in [-0.2, 0) is 45.9 Å². The van der Waals surface area contributed by atoms with Crippen LogP contribution in [-0.4, -0.2) is 62.9 Å². The van der Waals surface area contributed by atoms with Crippen LogP contribution in [0.4, 0.5) is 0 Å². The number of carbonyl (C=O) groups excluding carboxylic acids is 4. The molecule has 1 unspecified atom stereocenters. The zero-order chi connectivity index (χ0) is 29.6. The number of esters is 2. The highest BCUT2D eigenvalue weighted by atomic mass is 32.2. The fourth-order valence-corrected chi connectivity index (χ4v) is 7.71. The predicted octanol–water partition coefficient (Wildman–Crippen LogP) is 3.10. The van der Waals surface area contributed by atoms with E-state index >= 15 is 0 Å². The maximum atomic E-state index is 13.9. The molecule has 0 aromatic heterocycles. The molecule has 1 fully saturated rings. The van der Waals surface area contributed by atoms with Crippen molar-refractivity contribution in [2.75, 3.05) is 18.6 Å². The molecule has 2 aliphatic rings. The topological polar surface area (TPSA) is 119 Å². The van der Waals surface area contributed by atoms with Gasteiger partial charge in [0.1, 0.15) is 17.1 Å². The van der Waals surface area contributed by atoms with Crippen LogP contribution in [0.15, 0.2) is 102 Å². The van der Waals surface area contributed by atoms with Gasteiger partial charge in [0, 0.05) is 4.91 Å². The fraction of sp³-hybridized carbons (Fsp3) is 0.226. The van der Waals surface area contributed by atoms with Crippen molar-refractivity contribution < 1.29 is 32.9 Å². The second kappa shape index (κ2) is 13.2. The number of methoxy groups -OCH3 is 1. The number of carbonyl (C=O) groups is 4. The molecular weight excluding hydrogens is 576 g/mol. The molecule has 3 aromatic rings. The van der Waals surface area contributed by atoms with E-state index in [1.807, 2.05) is 78.9 Å². The standard InChI is InChI=1S/C31H28N2O7S2/c1-39-25(35)18-41-23-19-42(38)30-26(32-24(34)17-20-11-5-2-6-12-20)29(36)33(30)27(23)31(37)40-28(21-13-7-3-8-14-21)22-15-9-4-10-16-22/h2-16,26,28,30H,17-19H2,1H3,(H,32,34)/t26-,30-,42?/m1/s1. The van der Waals surface area contributed by atoms with E-state index in [4.69, 9.17) is 9.47 Å². The van der Waals surface area contributed by atoms with Crippen molar-refractivity contribution in [3.8, 4) is 0 Å². The van der Waals surface area contributed by atoms with Crippen LogP contribution in [0.3, 0.4) is 0 Å². The number of ether oxygens (including phenoxy) is 2. The molecule has 9 nitrogen and oxygen atoms in total. The summed E-state index contributed by atoms with van der Waals surface area (Å²) in [6, 6.07) is 26.3. The molecule has 1 saturated heterocycles. The largest absolute Gasteiger partial charge is 0.468 e. The third kappa shape index (κ3) is 6.32. The number of amides is 2. The molecule has 2 heterocycles. The molecule has 0 radical (unpaired) electrons. The molecular formula is C31H28N2O7S2. The van der Waals surface area contributed by atoms with Crippen molar-refractivity contribution in [2.45, 2.75) is 23.9 Å². The molecule has 3 atom stereocenters. The van der Waals surface area contributed by atoms with Gasteiger partial charge in [-0.25, -0.2) is 4.79 Å². The number of benzene rings is 3. The number of nitrogens with one attached hydrogen (secondary N) is 1. The molecule has 5 rings (SSSR count). The predicted molar refractivity (Wildman–Crippen MR) is 158 cm³/mol. The van der Waals surface area contributed by atoms with Crippen LogP contribution in [0.1, 0.15) is 22.8 Å². The second-order valence-corrected chi connectivity index (χ2v) is 12.2. The molecule has 42 heavy (non-hydrogen) atoms. The Morgan fingerprint density at radius 1 is 0.952 bits per heavy atom. The summed E-state index contributed by atoms with van der Waals surface area (Å²) in [6.45, 7) is 0. The third-order valence-electron chi connectivity index (χ3n) is 6.83. The highest BCUT2D eigenvalue weighted by Crippen LogP contribution is 2.40. The minimum Gasteiger partial charge on any atom is -0.468 e. The number of β-lactam (4-membered cyclic amide) rings is 1. The SMILES string of the molecule is COC(=O)CSC1=C(C(=O)OC(c2ccccc2)c2ccccc2)N2C(=O)[C@@H](NC(=O)Cc3ccccc3)[C@H]2S(=O)C1. The van der Waals surface area contributed by atoms with Crippen LogP contribution in [0.5, 0.6) is 0 Å². The van der Waals surface area contributed by atoms with Gasteiger partial charge < -0.3 is 14.8 Å². The van der Waals surface area contributed by atoms with Gasteiger partial charge in [0.25, 0.3) is 5.91 Å². The molecule has 0 spiro atoms. The minimum absolute atomic E-state index is 0.0464. The Morgan fingerprint density at radius 3 is 2.10 bits per heavy atom. The van der Waals surface area contributed by atoms with Gasteiger partial charge in [-0.15, -0.1) is 11.8 Å². The zero-order valence-electron chi connectivity index (χ0n) is 22.6. The van der Waals surface area contributed by atoms with E-state index in [0.717, 1.165) is 33.4 Å². The van der Waals surface area contributed by atoms with Crippen molar-refractivity contribution in [1.29, 1.82) is 0 Å². The molecule has 3 aromatic carbocycles. The smallest absolute Gasteiger partial charge is 0.356 e. The quantitative estimate of drug-likeness (QED) is 0.277. The number of fused-ring (bicyclic) bond motifs is 1. The van der Waals surface area contributed by atoms with Crippen LogP contribution >= 0.6 is 11.8 Å². The summed E-state index contributed by atoms with van der Waals surface area (Å²) in [5.41, 5.74) is 2.13. The Bertz CT molecular complexity index is 1490. The average molecular weight is 605 g/mol. The lowest BCUT2D eigenvalue weighted by Crippen LogP contribution is -2.73. The van der Waals surface area contributed by atoms with Gasteiger partial charge in [-0.2, -0.15) is 0 Å². The highest BCUT2D eigenvalue weighted by Gasteiger charge is 2.57. The summed E-state index contributed by atoms with van der Waals surface area (Å²) < 4.78 is 24.1. The molecule has 2 aliphatic heterocycles. The van der Waals surface area contributed by atoms with E-state index in [9.17, 15) is 23.4 Å². The van der Waals surface area contributed by atoms with Gasteiger partial charge in [0.15, 0.2) is 6.10 Å². The third-order valence-corrected chi connectivity index (χ3v) is 9.67. The van der Waals surface area contributed by atoms with Crippen LogP contribution in [0, 0.1) is 0 Å². The van der Waals surface area contributed by atoms with Gasteiger partial charge in [0.2, 0.25) is 5.91 Å². The molecule has 1 N–H and O–H groups in total. The normalized spacial score (nSPS) is 19.5. The van der Waals surface area contributed by atoms with Gasteiger partial charge in [-0.05, 0) is 16.7 Å². The number of rotatable bonds is 10. The Labute approximate surface area is 249 Å². The molecule has 11 heteroatoms. The summed E-state index contributed by atoms with van der Waals surface area (Å²) in [5.74, 6) is -2.56. The monoisotopic (exact) mass is 604 g/mol. The molecule has 2 amide bonds. The van der Waals surface area contributed by atoms with Crippen molar-refractivity contribution in [1.82, 2.24) is 10.2 Å². The van der Waals surface area contributed by atoms with E-state index in [1.54, 1.807) is 12.1 Å². The first-order valence-electron chi connectivity index (χ1n) is 13.1. The Morgan fingerprint density at radius 2 is 1.52 bits per heavy atom. The second-order valence-electron chi connectivity index (χ2n) is 9.57. The van der Waals surface area contributed by atoms with Crippen molar-refractivity contribution >= 4 is 46.3 Å². The average Bonchev–Trinajstić information content (AvgIpc) is 3.02. The van der Waals surface area contributed by atoms with E-state index in [-0.39, 0.29) is 28.5 Å². The Balaban J connectivity index is 1.43. The lowest BCUT2D eigenvalue weighted by atomic mass is 10.0. The zero-order valence-corrected chi connectivity index (χ0v) is 24.3. The molecule has 0 saturated carbocycles. The Hall–Kier alpha value is -4.22. The first kappa shape index (κ1) is 29.3. The summed E-state index contributed by atoms with van der Waals surface area (Å²) in [5, 5.41) is 1.74. The molecule has 216 valence electrons. The lowest BCUT2D eigenvalue weighted by molar-refractivity contribution is -0.154. The van der Waals surface area contributed by atoms with Gasteiger partial charge in [-0.1, -0.05) is 91.0 Å². The number of hydrogen-bond acceptors (Lipinski definition) is 8. The van der Waals surface area contributed by atoms with Crippen molar-refractivity contribution in [3.05, 3.63) is 118 Å². The number of hydrogen-bond donors (Lipinski definition) is 1. The van der Waals surface area contributed by atoms with Crippen LogP contribution < -0.4 is 5.32 Å². The van der Waals surface area contributed by atoms with Crippen LogP contribution in [0.25, 0.3) is 0 Å². The summed E-state index contributed by atoms with van der Waals surface area (Å²) >= 11 is 0.978. The Kier molecular flexibility index (Phi) is 9.19. The van der Waals surface area contributed by atoms with Crippen molar-refractivity contribution in [2.24, 2.45) is 0 Å². The maximum Gasteiger partial charge on any atom is 0.356 e. The van der Waals surface area contributed by atoms with E-state index < -0.39 is 52.1 Å². The number of nitrogens with zero attached hydrogens (tertiary/aromatic N) is 1. The first-order valence-corrected chi connectivity index (χ1v) is 15.5. The number of thioether (sulfide) groups is 1. The van der Waals surface area contributed by atoms with E-state index in [2.05, 4.69) is 5.32 Å². The van der Waals surface area contributed by atoms with Crippen molar-refractivity contribution in [3.63, 3.8) is 0 Å². The molecule has 0 bridgehead atoms. The van der Waals surface area contributed by atoms with E-state index in [0.29, 0.717) is 0 Å². The van der Waals surface area contributed by atoms with E-state index in [1.165, 1.54) is 7.11 Å². The summed E-state index contributed by atoms with van der Waals surface area (Å²) in [4.78, 5) is 53.4. The van der Waals surface area contributed by atoms with Crippen LogP contribution in [0.2, 0.25) is 0 Å². The van der Waals surface area contributed by atoms with Gasteiger partial charge in [0.05, 0.1) is 35.8 Å². The summed E-state index contributed by atoms with van der Waals surface area (Å²) in [7, 11) is -0.415. The molecule has 0 aliphatic carbocycles. The fourth-order valence-electron chi connectivity index (χ4n) is 4.80. The maximum absolute atomic E-state index is 13.9.